The fourth-order valence-corrected chi connectivity index (χ4v) is 4.29. The summed E-state index contributed by atoms with van der Waals surface area (Å²) in [6.07, 6.45) is 4.58. The number of aromatic hydroxyl groups is 1. The van der Waals surface area contributed by atoms with Crippen molar-refractivity contribution in [3.8, 4) is 17.3 Å². The lowest BCUT2D eigenvalue weighted by Crippen LogP contribution is -2.32. The highest BCUT2D eigenvalue weighted by Gasteiger charge is 2.35. The molecule has 1 aliphatic heterocycles. The lowest BCUT2D eigenvalue weighted by molar-refractivity contribution is 0.331. The van der Waals surface area contributed by atoms with Gasteiger partial charge in [0.1, 0.15) is 11.5 Å². The number of rotatable bonds is 3. The van der Waals surface area contributed by atoms with E-state index in [1.165, 1.54) is 12.1 Å². The van der Waals surface area contributed by atoms with Crippen LogP contribution in [-0.2, 0) is 6.54 Å². The number of aromatic nitrogens is 4. The number of aryl methyl sites for hydroxylation is 1. The van der Waals surface area contributed by atoms with Crippen LogP contribution in [0.5, 0.6) is 5.75 Å². The monoisotopic (exact) mass is 402 g/mol. The topological polar surface area (TPSA) is 72.9 Å². The van der Waals surface area contributed by atoms with Crippen molar-refractivity contribution < 1.29 is 9.50 Å². The summed E-state index contributed by atoms with van der Waals surface area (Å²) in [6.45, 7) is 2.56. The van der Waals surface area contributed by atoms with Gasteiger partial charge in [0.25, 0.3) is 0 Å². The van der Waals surface area contributed by atoms with E-state index < -0.39 is 5.43 Å². The highest BCUT2D eigenvalue weighted by molar-refractivity contribution is 5.60. The first-order valence-corrected chi connectivity index (χ1v) is 9.67. The van der Waals surface area contributed by atoms with Gasteiger partial charge in [0.05, 0.1) is 12.2 Å². The van der Waals surface area contributed by atoms with Crippen molar-refractivity contribution in [3.05, 3.63) is 99.9 Å². The Hall–Kier alpha value is -3.74. The molecule has 0 radical (unpaired) electrons. The van der Waals surface area contributed by atoms with E-state index in [1.807, 2.05) is 35.9 Å². The zero-order valence-corrected chi connectivity index (χ0v) is 16.2. The van der Waals surface area contributed by atoms with Gasteiger partial charge in [0.15, 0.2) is 11.6 Å². The maximum atomic E-state index is 13.7. The third kappa shape index (κ3) is 2.90. The maximum absolute atomic E-state index is 13.7. The average Bonchev–Trinajstić information content (AvgIpc) is 3.20. The summed E-state index contributed by atoms with van der Waals surface area (Å²) >= 11 is 0. The molecule has 0 spiro atoms. The van der Waals surface area contributed by atoms with Crippen LogP contribution in [-0.4, -0.2) is 24.4 Å². The van der Waals surface area contributed by atoms with Crippen molar-refractivity contribution >= 4 is 0 Å². The number of halogens is 1. The molecular weight excluding hydrogens is 383 g/mol. The minimum Gasteiger partial charge on any atom is -0.503 e. The van der Waals surface area contributed by atoms with E-state index in [0.29, 0.717) is 18.1 Å². The molecule has 7 heteroatoms. The zero-order chi connectivity index (χ0) is 20.8. The van der Waals surface area contributed by atoms with Crippen LogP contribution in [0.15, 0.2) is 71.9 Å². The molecule has 2 atom stereocenters. The van der Waals surface area contributed by atoms with Crippen LogP contribution in [0.25, 0.3) is 11.5 Å². The van der Waals surface area contributed by atoms with Gasteiger partial charge in [0, 0.05) is 24.9 Å². The standard InChI is InChI=1S/C23H19FN4O2/c1-14-3-2-4-16(11-14)20(15-5-7-17(24)8-6-15)18-13-27-10-9-25-23(27)21-22(30)19(29)12-26-28(18)21/h2-12,18,20,30H,13H2,1H3/t18-,20-/m1/s1. The van der Waals surface area contributed by atoms with Crippen LogP contribution < -0.4 is 5.43 Å². The Morgan fingerprint density at radius 3 is 2.73 bits per heavy atom. The molecule has 2 aromatic heterocycles. The van der Waals surface area contributed by atoms with Gasteiger partial charge in [-0.1, -0.05) is 42.0 Å². The normalized spacial score (nSPS) is 16.0. The predicted molar refractivity (Wildman–Crippen MR) is 110 cm³/mol. The van der Waals surface area contributed by atoms with Gasteiger partial charge in [0.2, 0.25) is 5.43 Å². The number of benzene rings is 2. The molecule has 2 aromatic carbocycles. The van der Waals surface area contributed by atoms with E-state index in [2.05, 4.69) is 16.1 Å². The minimum absolute atomic E-state index is 0.186. The van der Waals surface area contributed by atoms with Crippen molar-refractivity contribution in [2.75, 3.05) is 0 Å². The van der Waals surface area contributed by atoms with Gasteiger partial charge in [-0.15, -0.1) is 0 Å². The van der Waals surface area contributed by atoms with Crippen molar-refractivity contribution in [2.45, 2.75) is 25.4 Å². The Morgan fingerprint density at radius 1 is 1.17 bits per heavy atom. The molecule has 5 rings (SSSR count). The summed E-state index contributed by atoms with van der Waals surface area (Å²) < 4.78 is 17.2. The number of imidazole rings is 1. The Balaban J connectivity index is 1.76. The molecule has 0 amide bonds. The first-order valence-electron chi connectivity index (χ1n) is 9.67. The van der Waals surface area contributed by atoms with Gasteiger partial charge in [-0.3, -0.25) is 9.48 Å². The lowest BCUT2D eigenvalue weighted by atomic mass is 9.83. The number of hydrogen-bond acceptors (Lipinski definition) is 4. The molecule has 6 nitrogen and oxygen atoms in total. The summed E-state index contributed by atoms with van der Waals surface area (Å²) in [5.74, 6) is -0.364. The first-order chi connectivity index (χ1) is 14.5. The number of fused-ring (bicyclic) bond motifs is 3. The Kier molecular flexibility index (Phi) is 4.24. The SMILES string of the molecule is Cc1cccc([C@@H](c2ccc(F)cc2)[C@H]2Cn3ccnc3-c3c(O)c(=O)cnn32)c1. The van der Waals surface area contributed by atoms with E-state index >= 15 is 0 Å². The second-order valence-corrected chi connectivity index (χ2v) is 7.56. The third-order valence-electron chi connectivity index (χ3n) is 5.63. The molecule has 3 heterocycles. The van der Waals surface area contributed by atoms with E-state index in [-0.39, 0.29) is 23.5 Å². The fourth-order valence-electron chi connectivity index (χ4n) is 4.29. The van der Waals surface area contributed by atoms with E-state index in [0.717, 1.165) is 22.9 Å². The van der Waals surface area contributed by atoms with Crippen LogP contribution in [0.1, 0.15) is 28.7 Å². The molecular formula is C23H19FN4O2. The second-order valence-electron chi connectivity index (χ2n) is 7.56. The van der Waals surface area contributed by atoms with Gasteiger partial charge in [-0.2, -0.15) is 5.10 Å². The largest absolute Gasteiger partial charge is 0.503 e. The summed E-state index contributed by atoms with van der Waals surface area (Å²) in [4.78, 5) is 16.4. The fraction of sp³-hybridized carbons (Fsp3) is 0.174. The Morgan fingerprint density at radius 2 is 1.97 bits per heavy atom. The van der Waals surface area contributed by atoms with Crippen LogP contribution in [0.2, 0.25) is 0 Å². The molecule has 0 saturated heterocycles. The zero-order valence-electron chi connectivity index (χ0n) is 16.2. The van der Waals surface area contributed by atoms with Crippen LogP contribution in [0.3, 0.4) is 0 Å². The van der Waals surface area contributed by atoms with Gasteiger partial charge < -0.3 is 9.67 Å². The van der Waals surface area contributed by atoms with Gasteiger partial charge in [-0.25, -0.2) is 9.37 Å². The summed E-state index contributed by atoms with van der Waals surface area (Å²) in [6, 6.07) is 14.3. The third-order valence-corrected chi connectivity index (χ3v) is 5.63. The summed E-state index contributed by atoms with van der Waals surface area (Å²) in [7, 11) is 0. The molecule has 150 valence electrons. The lowest BCUT2D eigenvalue weighted by Gasteiger charge is -2.34. The average molecular weight is 402 g/mol. The van der Waals surface area contributed by atoms with E-state index in [4.69, 9.17) is 0 Å². The van der Waals surface area contributed by atoms with Crippen LogP contribution in [0.4, 0.5) is 4.39 Å². The molecule has 0 fully saturated rings. The first kappa shape index (κ1) is 18.3. The summed E-state index contributed by atoms with van der Waals surface area (Å²) in [5, 5.41) is 14.9. The molecule has 1 N–H and O–H groups in total. The number of hydrogen-bond donors (Lipinski definition) is 1. The predicted octanol–water partition coefficient (Wildman–Crippen LogP) is 3.65. The highest BCUT2D eigenvalue weighted by atomic mass is 19.1. The molecule has 30 heavy (non-hydrogen) atoms. The minimum atomic E-state index is -0.551. The van der Waals surface area contributed by atoms with E-state index in [9.17, 15) is 14.3 Å². The van der Waals surface area contributed by atoms with E-state index in [1.54, 1.807) is 23.0 Å². The highest BCUT2D eigenvalue weighted by Crippen LogP contribution is 2.42. The quantitative estimate of drug-likeness (QED) is 0.568. The maximum Gasteiger partial charge on any atom is 0.242 e. The van der Waals surface area contributed by atoms with Crippen molar-refractivity contribution in [3.63, 3.8) is 0 Å². The second kappa shape index (κ2) is 6.95. The van der Waals surface area contributed by atoms with Gasteiger partial charge in [-0.05, 0) is 30.2 Å². The molecule has 0 bridgehead atoms. The smallest absolute Gasteiger partial charge is 0.242 e. The molecule has 1 aliphatic rings. The van der Waals surface area contributed by atoms with Crippen LogP contribution >= 0.6 is 0 Å². The summed E-state index contributed by atoms with van der Waals surface area (Å²) in [5.41, 5.74) is 2.81. The molecule has 4 aromatic rings. The molecule has 0 aliphatic carbocycles. The Bertz CT molecular complexity index is 1290. The Labute approximate surface area is 171 Å². The van der Waals surface area contributed by atoms with Crippen molar-refractivity contribution in [2.24, 2.45) is 0 Å². The van der Waals surface area contributed by atoms with Crippen LogP contribution in [0, 0.1) is 12.7 Å². The van der Waals surface area contributed by atoms with Crippen molar-refractivity contribution in [1.82, 2.24) is 19.3 Å². The molecule has 0 unspecified atom stereocenters. The number of nitrogens with zero attached hydrogens (tertiary/aromatic N) is 4. The van der Waals surface area contributed by atoms with Crippen molar-refractivity contribution in [1.29, 1.82) is 0 Å². The van der Waals surface area contributed by atoms with Gasteiger partial charge >= 0.3 is 0 Å². The molecule has 0 saturated carbocycles.